The van der Waals surface area contributed by atoms with Gasteiger partial charge in [0, 0.05) is 24.4 Å². The van der Waals surface area contributed by atoms with Crippen LogP contribution in [-0.4, -0.2) is 10.3 Å². The summed E-state index contributed by atoms with van der Waals surface area (Å²) in [6.07, 6.45) is 10.8. The van der Waals surface area contributed by atoms with E-state index in [4.69, 9.17) is 11.6 Å². The maximum absolute atomic E-state index is 11.2. The summed E-state index contributed by atoms with van der Waals surface area (Å²) in [7, 11) is 0. The number of hydrogen-bond donors (Lipinski definition) is 0. The van der Waals surface area contributed by atoms with Crippen LogP contribution < -0.4 is 17.0 Å². The zero-order chi connectivity index (χ0) is 10.7. The molecule has 16 heavy (non-hydrogen) atoms. The summed E-state index contributed by atoms with van der Waals surface area (Å²) in [5.74, 6) is 0. The van der Waals surface area contributed by atoms with Crippen LogP contribution in [-0.2, 0) is 0 Å². The minimum atomic E-state index is -0.489. The number of halogens is 2. The van der Waals surface area contributed by atoms with Gasteiger partial charge < -0.3 is 12.4 Å². The first-order valence-corrected chi connectivity index (χ1v) is 4.95. The Kier molecular flexibility index (Phi) is 4.52. The highest BCUT2D eigenvalue weighted by molar-refractivity contribution is 6.63. The molecule has 1 aliphatic heterocycles. The van der Waals surface area contributed by atoms with Gasteiger partial charge in [-0.3, -0.25) is 4.79 Å². The number of carbonyl (C=O) groups excluding carboxylic acids is 1. The van der Waals surface area contributed by atoms with Crippen molar-refractivity contribution < 1.29 is 21.8 Å². The van der Waals surface area contributed by atoms with E-state index in [-0.39, 0.29) is 18.6 Å². The van der Waals surface area contributed by atoms with Gasteiger partial charge in [0.25, 0.3) is 6.17 Å². The number of amides is 1. The molecule has 2 heterocycles. The minimum absolute atomic E-state index is 0. The van der Waals surface area contributed by atoms with Gasteiger partial charge in [0.2, 0.25) is 0 Å². The molecule has 3 nitrogen and oxygen atoms in total. The topological polar surface area (TPSA) is 24.2 Å². The third-order valence-electron chi connectivity index (χ3n) is 2.17. The fourth-order valence-corrected chi connectivity index (χ4v) is 1.64. The van der Waals surface area contributed by atoms with Crippen molar-refractivity contribution in [2.75, 3.05) is 0 Å². The Labute approximate surface area is 105 Å². The summed E-state index contributed by atoms with van der Waals surface area (Å²) in [5, 5.41) is -0.489. The van der Waals surface area contributed by atoms with Crippen molar-refractivity contribution in [1.29, 1.82) is 0 Å². The molecule has 0 aromatic carbocycles. The van der Waals surface area contributed by atoms with E-state index < -0.39 is 5.37 Å². The van der Waals surface area contributed by atoms with Gasteiger partial charge >= 0.3 is 5.37 Å². The summed E-state index contributed by atoms with van der Waals surface area (Å²) in [5.41, 5.74) is 0. The maximum atomic E-state index is 11.2. The van der Waals surface area contributed by atoms with Crippen LogP contribution in [0.3, 0.4) is 0 Å². The molecule has 2 rings (SSSR count). The smallest absolute Gasteiger partial charge is 0.325 e. The molecule has 0 saturated carbocycles. The molecular formula is C11H10Cl2N2O. The second-order valence-electron chi connectivity index (χ2n) is 3.12. The molecule has 0 saturated heterocycles. The van der Waals surface area contributed by atoms with E-state index in [9.17, 15) is 4.79 Å². The number of pyridine rings is 1. The molecule has 1 aromatic rings. The average molecular weight is 257 g/mol. The standard InChI is InChI=1S/C11H10ClN2O.ClH/c12-11(15)14-9-5-2-6-10(14)13-7-3-1-4-8-13;/h1-10H;1H/q+1;/p-1. The number of rotatable bonds is 1. The van der Waals surface area contributed by atoms with Crippen molar-refractivity contribution in [3.05, 3.63) is 55.0 Å². The molecule has 1 amide bonds. The average Bonchev–Trinajstić information content (AvgIpc) is 2.30. The molecule has 84 valence electrons. The quantitative estimate of drug-likeness (QED) is 0.368. The minimum Gasteiger partial charge on any atom is -1.00 e. The lowest BCUT2D eigenvalue weighted by molar-refractivity contribution is -0.727. The van der Waals surface area contributed by atoms with E-state index in [2.05, 4.69) is 0 Å². The van der Waals surface area contributed by atoms with Crippen LogP contribution in [0.2, 0.25) is 0 Å². The van der Waals surface area contributed by atoms with Gasteiger partial charge in [-0.1, -0.05) is 12.1 Å². The Morgan fingerprint density at radius 3 is 2.50 bits per heavy atom. The van der Waals surface area contributed by atoms with Crippen molar-refractivity contribution in [3.63, 3.8) is 0 Å². The van der Waals surface area contributed by atoms with Crippen LogP contribution in [0.1, 0.15) is 6.17 Å². The van der Waals surface area contributed by atoms with Gasteiger partial charge in [0.15, 0.2) is 12.4 Å². The molecule has 5 heteroatoms. The molecule has 0 radical (unpaired) electrons. The van der Waals surface area contributed by atoms with Crippen LogP contribution in [0.4, 0.5) is 4.79 Å². The van der Waals surface area contributed by atoms with Gasteiger partial charge in [-0.15, -0.1) is 0 Å². The van der Waals surface area contributed by atoms with Crippen molar-refractivity contribution in [2.45, 2.75) is 6.17 Å². The number of allylic oxidation sites excluding steroid dienone is 2. The Balaban J connectivity index is 0.00000128. The monoisotopic (exact) mass is 256 g/mol. The zero-order valence-corrected chi connectivity index (χ0v) is 9.84. The fraction of sp³-hybridized carbons (Fsp3) is 0.0909. The lowest BCUT2D eigenvalue weighted by Gasteiger charge is -2.21. The first kappa shape index (κ1) is 12.7. The zero-order valence-electron chi connectivity index (χ0n) is 8.33. The number of nitrogens with zero attached hydrogens (tertiary/aromatic N) is 2. The fourth-order valence-electron chi connectivity index (χ4n) is 1.48. The molecule has 0 aliphatic carbocycles. The number of carbonyl (C=O) groups is 1. The Hall–Kier alpha value is -1.32. The van der Waals surface area contributed by atoms with E-state index in [1.54, 1.807) is 12.3 Å². The molecule has 0 N–H and O–H groups in total. The van der Waals surface area contributed by atoms with Crippen LogP contribution in [0, 0.1) is 0 Å². The lowest BCUT2D eigenvalue weighted by atomic mass is 10.3. The van der Waals surface area contributed by atoms with Crippen LogP contribution in [0.5, 0.6) is 0 Å². The summed E-state index contributed by atoms with van der Waals surface area (Å²) in [6.45, 7) is 0. The predicted molar refractivity (Wildman–Crippen MR) is 57.0 cm³/mol. The van der Waals surface area contributed by atoms with Crippen molar-refractivity contribution >= 4 is 17.0 Å². The highest BCUT2D eigenvalue weighted by Crippen LogP contribution is 2.15. The SMILES string of the molecule is O=C(Cl)N1C=CC=CC1[n+]1ccccc1.[Cl-]. The number of hydrogen-bond acceptors (Lipinski definition) is 1. The predicted octanol–water partition coefficient (Wildman–Crippen LogP) is -0.779. The second-order valence-corrected chi connectivity index (χ2v) is 3.45. The molecule has 1 aliphatic rings. The molecular weight excluding hydrogens is 247 g/mol. The van der Waals surface area contributed by atoms with Crippen molar-refractivity contribution in [1.82, 2.24) is 4.90 Å². The summed E-state index contributed by atoms with van der Waals surface area (Å²) in [6, 6.07) is 5.73. The summed E-state index contributed by atoms with van der Waals surface area (Å²) in [4.78, 5) is 12.6. The Bertz CT molecular complexity index is 417. The number of aromatic nitrogens is 1. The van der Waals surface area contributed by atoms with Gasteiger partial charge in [-0.25, -0.2) is 4.90 Å². The third kappa shape index (κ3) is 2.62. The maximum Gasteiger partial charge on any atom is 0.325 e. The normalized spacial score (nSPS) is 18.1. The van der Waals surface area contributed by atoms with Crippen LogP contribution >= 0.6 is 11.6 Å². The van der Waals surface area contributed by atoms with Crippen molar-refractivity contribution in [3.8, 4) is 0 Å². The highest BCUT2D eigenvalue weighted by Gasteiger charge is 2.26. The van der Waals surface area contributed by atoms with Gasteiger partial charge in [0.1, 0.15) is 0 Å². The molecule has 0 fully saturated rings. The lowest BCUT2D eigenvalue weighted by Crippen LogP contribution is -3.00. The third-order valence-corrected chi connectivity index (χ3v) is 2.37. The van der Waals surface area contributed by atoms with E-state index in [1.807, 2.05) is 47.3 Å². The Morgan fingerprint density at radius 2 is 1.88 bits per heavy atom. The van der Waals surface area contributed by atoms with Gasteiger partial charge in [-0.05, 0) is 17.7 Å². The van der Waals surface area contributed by atoms with E-state index in [1.165, 1.54) is 4.90 Å². The molecule has 1 unspecified atom stereocenters. The van der Waals surface area contributed by atoms with Gasteiger partial charge in [0.05, 0.1) is 0 Å². The molecule has 0 bridgehead atoms. The summed E-state index contributed by atoms with van der Waals surface area (Å²) < 4.78 is 1.90. The van der Waals surface area contributed by atoms with E-state index in [0.717, 1.165) is 0 Å². The molecule has 0 spiro atoms. The van der Waals surface area contributed by atoms with E-state index >= 15 is 0 Å². The largest absolute Gasteiger partial charge is 1.00 e. The summed E-state index contributed by atoms with van der Waals surface area (Å²) >= 11 is 5.49. The second kappa shape index (κ2) is 5.68. The van der Waals surface area contributed by atoms with Crippen LogP contribution in [0.25, 0.3) is 0 Å². The molecule has 1 atom stereocenters. The first-order chi connectivity index (χ1) is 7.29. The molecule has 1 aromatic heterocycles. The van der Waals surface area contributed by atoms with Crippen molar-refractivity contribution in [2.24, 2.45) is 0 Å². The van der Waals surface area contributed by atoms with Gasteiger partial charge in [-0.2, -0.15) is 4.57 Å². The van der Waals surface area contributed by atoms with Crippen LogP contribution in [0.15, 0.2) is 55.0 Å². The first-order valence-electron chi connectivity index (χ1n) is 4.57. The van der Waals surface area contributed by atoms with E-state index in [0.29, 0.717) is 0 Å². The Morgan fingerprint density at radius 1 is 1.19 bits per heavy atom. The highest BCUT2D eigenvalue weighted by atomic mass is 35.5.